The van der Waals surface area contributed by atoms with Gasteiger partial charge in [-0.05, 0) is 67.6 Å². The summed E-state index contributed by atoms with van der Waals surface area (Å²) in [5.41, 5.74) is 8.17. The first kappa shape index (κ1) is 24.9. The molecule has 0 bridgehead atoms. The van der Waals surface area contributed by atoms with Crippen LogP contribution in [0.25, 0.3) is 39.9 Å². The normalized spacial score (nSPS) is 11.3. The van der Waals surface area contributed by atoms with E-state index in [0.29, 0.717) is 5.82 Å². The Morgan fingerprint density at radius 3 is 2.54 bits per heavy atom. The fourth-order valence-corrected chi connectivity index (χ4v) is 5.33. The zero-order chi connectivity index (χ0) is 24.9. The molecule has 2 N–H and O–H groups in total. The van der Waals surface area contributed by atoms with E-state index in [1.807, 2.05) is 17.7 Å². The molecule has 0 spiro atoms. The molecule has 6 nitrogen and oxygen atoms in total. The molecular weight excluding hydrogens is 454 g/mol. The van der Waals surface area contributed by atoms with Crippen LogP contribution in [0.2, 0.25) is 0 Å². The van der Waals surface area contributed by atoms with Crippen molar-refractivity contribution in [3.63, 3.8) is 0 Å². The molecule has 35 heavy (non-hydrogen) atoms. The van der Waals surface area contributed by atoms with Gasteiger partial charge in [0.1, 0.15) is 4.83 Å². The third-order valence-electron chi connectivity index (χ3n) is 6.12. The predicted molar refractivity (Wildman–Crippen MR) is 149 cm³/mol. The summed E-state index contributed by atoms with van der Waals surface area (Å²) in [6, 6.07) is 10.9. The maximum Gasteiger partial charge on any atom is 0.158 e. The molecule has 0 atom stereocenters. The van der Waals surface area contributed by atoms with Crippen LogP contribution in [0.4, 0.5) is 5.82 Å². The van der Waals surface area contributed by atoms with Gasteiger partial charge in [-0.2, -0.15) is 0 Å². The summed E-state index contributed by atoms with van der Waals surface area (Å²) in [5, 5.41) is 6.10. The fraction of sp³-hybridized carbons (Fsp3) is 0.286. The molecule has 3 heterocycles. The summed E-state index contributed by atoms with van der Waals surface area (Å²) in [7, 11) is 1.73. The lowest BCUT2D eigenvalue weighted by molar-refractivity contribution is 0.199. The van der Waals surface area contributed by atoms with Crippen LogP contribution < -0.4 is 21.4 Å². The Labute approximate surface area is 210 Å². The Hall–Kier alpha value is -3.26. The van der Waals surface area contributed by atoms with Crippen LogP contribution in [0.3, 0.4) is 0 Å². The van der Waals surface area contributed by atoms with E-state index in [-0.39, 0.29) is 0 Å². The Morgan fingerprint density at radius 2 is 1.89 bits per heavy atom. The van der Waals surface area contributed by atoms with Crippen LogP contribution >= 0.6 is 11.3 Å². The van der Waals surface area contributed by atoms with Crippen LogP contribution in [0.1, 0.15) is 28.9 Å². The van der Waals surface area contributed by atoms with Gasteiger partial charge in [-0.25, -0.2) is 9.97 Å². The van der Waals surface area contributed by atoms with Crippen LogP contribution in [0, 0.1) is 13.8 Å². The third kappa shape index (κ3) is 5.37. The average Bonchev–Trinajstić information content (AvgIpc) is 3.32. The topological polar surface area (TPSA) is 64.0 Å². The van der Waals surface area contributed by atoms with Crippen molar-refractivity contribution >= 4 is 46.6 Å². The Balaban J connectivity index is 1.61. The monoisotopic (exact) mass is 487 g/mol. The number of aryl methyl sites for hydroxylation is 3. The van der Waals surface area contributed by atoms with Crippen molar-refractivity contribution in [2.24, 2.45) is 0 Å². The first-order chi connectivity index (χ1) is 16.9. The summed E-state index contributed by atoms with van der Waals surface area (Å²) in [6.45, 7) is 19.0. The van der Waals surface area contributed by atoms with Gasteiger partial charge >= 0.3 is 0 Å². The van der Waals surface area contributed by atoms with Crippen LogP contribution in [0.5, 0.6) is 0 Å². The number of fused-ring (bicyclic) bond motifs is 1. The highest BCUT2D eigenvalue weighted by Crippen LogP contribution is 2.40. The first-order valence-corrected chi connectivity index (χ1v) is 12.6. The minimum Gasteiger partial charge on any atom is -0.383 e. The molecular formula is C28H33N5OS. The van der Waals surface area contributed by atoms with Crippen molar-refractivity contribution in [1.82, 2.24) is 20.0 Å². The molecule has 4 aromatic rings. The second-order valence-corrected chi connectivity index (χ2v) is 9.63. The van der Waals surface area contributed by atoms with Gasteiger partial charge in [-0.15, -0.1) is 11.3 Å². The predicted octanol–water partition coefficient (Wildman–Crippen LogP) is 4.28. The second kappa shape index (κ2) is 11.0. The van der Waals surface area contributed by atoms with Gasteiger partial charge < -0.3 is 10.1 Å². The number of nitrogens with zero attached hydrogens (tertiary/aromatic N) is 3. The molecule has 0 saturated carbocycles. The van der Waals surface area contributed by atoms with Gasteiger partial charge in [0.2, 0.25) is 0 Å². The molecule has 0 radical (unpaired) electrons. The van der Waals surface area contributed by atoms with Crippen molar-refractivity contribution in [3.8, 4) is 10.4 Å². The second-order valence-electron chi connectivity index (χ2n) is 8.63. The number of hydrogen-bond acceptors (Lipinski definition) is 6. The minimum absolute atomic E-state index is 0.586. The van der Waals surface area contributed by atoms with Crippen molar-refractivity contribution in [3.05, 3.63) is 70.1 Å². The van der Waals surface area contributed by atoms with Crippen LogP contribution in [-0.4, -0.2) is 41.5 Å². The van der Waals surface area contributed by atoms with E-state index in [1.165, 1.54) is 16.0 Å². The molecule has 0 unspecified atom stereocenters. The number of methoxy groups -OCH3 is 1. The highest BCUT2D eigenvalue weighted by molar-refractivity contribution is 7.22. The number of aromatic nitrogens is 3. The highest BCUT2D eigenvalue weighted by Gasteiger charge is 2.18. The van der Waals surface area contributed by atoms with E-state index >= 15 is 0 Å². The maximum absolute atomic E-state index is 5.07. The largest absolute Gasteiger partial charge is 0.383 e. The van der Waals surface area contributed by atoms with E-state index in [0.717, 1.165) is 70.4 Å². The molecule has 0 aliphatic rings. The van der Waals surface area contributed by atoms with Crippen molar-refractivity contribution in [1.29, 1.82) is 0 Å². The lowest BCUT2D eigenvalue weighted by Gasteiger charge is -2.11. The van der Waals surface area contributed by atoms with Gasteiger partial charge in [-0.3, -0.25) is 10.1 Å². The molecule has 0 aliphatic carbocycles. The summed E-state index contributed by atoms with van der Waals surface area (Å²) in [4.78, 5) is 11.6. The SMILES string of the molecule is C=Cc1nc(Nn2c(=C)cc(C)c2=C)c2c(C)c(-c3ccc(CCCNCCOC)cc3)sc2n1. The maximum atomic E-state index is 5.07. The summed E-state index contributed by atoms with van der Waals surface area (Å²) in [5.74, 6) is 1.32. The van der Waals surface area contributed by atoms with E-state index < -0.39 is 0 Å². The van der Waals surface area contributed by atoms with Crippen molar-refractivity contribution in [2.45, 2.75) is 26.7 Å². The Morgan fingerprint density at radius 1 is 1.11 bits per heavy atom. The molecule has 182 valence electrons. The zero-order valence-electron chi connectivity index (χ0n) is 20.8. The minimum atomic E-state index is 0.586. The molecule has 0 aliphatic heterocycles. The van der Waals surface area contributed by atoms with Gasteiger partial charge in [0.25, 0.3) is 0 Å². The molecule has 0 amide bonds. The summed E-state index contributed by atoms with van der Waals surface area (Å²) >= 11 is 1.68. The zero-order valence-corrected chi connectivity index (χ0v) is 21.6. The standard InChI is InChI=1S/C28H33N5OS/c1-7-24-30-27(32-33-19(3)17-18(2)21(33)5)25-20(4)26(35-28(25)31-24)23-12-10-22(11-13-23)9-8-14-29-15-16-34-6/h7,10-13,17,29H,1,3,5,8-9,14-16H2,2,4,6H3,(H,30,31,32). The van der Waals surface area contributed by atoms with Crippen molar-refractivity contribution in [2.75, 3.05) is 32.2 Å². The van der Waals surface area contributed by atoms with Gasteiger partial charge in [-0.1, -0.05) is 44.0 Å². The summed E-state index contributed by atoms with van der Waals surface area (Å²) in [6.07, 6.45) is 3.82. The molecule has 4 rings (SSSR count). The van der Waals surface area contributed by atoms with Gasteiger partial charge in [0.15, 0.2) is 11.6 Å². The number of ether oxygens (including phenoxy) is 1. The van der Waals surface area contributed by atoms with E-state index in [2.05, 4.69) is 61.7 Å². The first-order valence-electron chi connectivity index (χ1n) is 11.8. The number of rotatable bonds is 11. The van der Waals surface area contributed by atoms with E-state index in [1.54, 1.807) is 24.5 Å². The lowest BCUT2D eigenvalue weighted by atomic mass is 10.0. The van der Waals surface area contributed by atoms with Crippen LogP contribution in [-0.2, 0) is 11.2 Å². The molecule has 3 aromatic heterocycles. The van der Waals surface area contributed by atoms with E-state index in [9.17, 15) is 0 Å². The molecule has 7 heteroatoms. The Kier molecular flexibility index (Phi) is 7.80. The number of anilines is 1. The lowest BCUT2D eigenvalue weighted by Crippen LogP contribution is -2.32. The fourth-order valence-electron chi connectivity index (χ4n) is 4.14. The quantitative estimate of drug-likeness (QED) is 0.309. The molecule has 0 saturated heterocycles. The van der Waals surface area contributed by atoms with Gasteiger partial charge in [0.05, 0.1) is 22.7 Å². The molecule has 1 aromatic carbocycles. The average molecular weight is 488 g/mol. The number of benzene rings is 1. The highest BCUT2D eigenvalue weighted by atomic mass is 32.1. The van der Waals surface area contributed by atoms with Gasteiger partial charge in [0, 0.05) is 18.5 Å². The third-order valence-corrected chi connectivity index (χ3v) is 7.36. The smallest absolute Gasteiger partial charge is 0.158 e. The Bertz CT molecular complexity index is 1440. The summed E-state index contributed by atoms with van der Waals surface area (Å²) < 4.78 is 6.94. The number of nitrogens with one attached hydrogen (secondary N) is 2. The van der Waals surface area contributed by atoms with E-state index in [4.69, 9.17) is 14.7 Å². The number of hydrogen-bond donors (Lipinski definition) is 2. The van der Waals surface area contributed by atoms with Crippen molar-refractivity contribution < 1.29 is 4.74 Å². The van der Waals surface area contributed by atoms with Crippen LogP contribution in [0.15, 0.2) is 36.9 Å². The number of thiophene rings is 1. The molecule has 0 fully saturated rings.